The molecular weight excluding hydrogens is 462 g/mol. The van der Waals surface area contributed by atoms with E-state index < -0.39 is 12.1 Å². The number of carbonyl (C=O) groups excluding carboxylic acids is 1. The van der Waals surface area contributed by atoms with E-state index in [0.717, 1.165) is 46.3 Å². The Morgan fingerprint density at radius 3 is 2.57 bits per heavy atom. The number of nitrogens with one attached hydrogen (secondary N) is 2. The van der Waals surface area contributed by atoms with Gasteiger partial charge in [-0.2, -0.15) is 0 Å². The maximum absolute atomic E-state index is 13.4. The Morgan fingerprint density at radius 1 is 1.03 bits per heavy atom. The van der Waals surface area contributed by atoms with Crippen molar-refractivity contribution in [1.29, 1.82) is 0 Å². The van der Waals surface area contributed by atoms with Crippen LogP contribution in [0, 0.1) is 6.92 Å². The smallest absolute Gasteiger partial charge is 0.251 e. The van der Waals surface area contributed by atoms with Crippen molar-refractivity contribution in [3.8, 4) is 5.75 Å². The van der Waals surface area contributed by atoms with E-state index in [9.17, 15) is 9.90 Å². The zero-order chi connectivity index (χ0) is 26.2. The van der Waals surface area contributed by atoms with E-state index >= 15 is 0 Å². The highest BCUT2D eigenvalue weighted by Crippen LogP contribution is 2.23. The quantitative estimate of drug-likeness (QED) is 0.260. The third kappa shape index (κ3) is 6.79. The molecule has 0 aliphatic carbocycles. The van der Waals surface area contributed by atoms with Crippen molar-refractivity contribution in [2.75, 3.05) is 13.7 Å². The summed E-state index contributed by atoms with van der Waals surface area (Å²) in [5, 5.41) is 18.8. The molecule has 4 rings (SSSR count). The van der Waals surface area contributed by atoms with Crippen LogP contribution in [-0.4, -0.2) is 41.4 Å². The first-order valence-electron chi connectivity index (χ1n) is 12.9. The third-order valence-corrected chi connectivity index (χ3v) is 6.72. The standard InChI is InChI=1S/C31H37N3O3/c1-4-14-34-15-13-27-22(2)16-25(19-29(27)34)31(36)33-28(18-23-9-6-5-7-10-23)30(35)21-32-20-24-11-8-12-26(17-24)37-3/h5-13,15-17,19,28,30,32,35H,4,14,18,20-21H2,1-3H3,(H,33,36)/t28-,30-/m0/s1. The minimum Gasteiger partial charge on any atom is -0.497 e. The average molecular weight is 500 g/mol. The molecule has 0 bridgehead atoms. The van der Waals surface area contributed by atoms with Gasteiger partial charge in [0.2, 0.25) is 0 Å². The largest absolute Gasteiger partial charge is 0.497 e. The average Bonchev–Trinajstić information content (AvgIpc) is 3.32. The van der Waals surface area contributed by atoms with Gasteiger partial charge in [0, 0.05) is 42.3 Å². The van der Waals surface area contributed by atoms with Crippen LogP contribution in [0.1, 0.15) is 40.4 Å². The number of methoxy groups -OCH3 is 1. The van der Waals surface area contributed by atoms with Crippen molar-refractivity contribution in [3.63, 3.8) is 0 Å². The van der Waals surface area contributed by atoms with Gasteiger partial charge < -0.3 is 25.0 Å². The lowest BCUT2D eigenvalue weighted by molar-refractivity contribution is 0.0830. The lowest BCUT2D eigenvalue weighted by Gasteiger charge is -2.25. The van der Waals surface area contributed by atoms with Gasteiger partial charge in [-0.3, -0.25) is 4.79 Å². The van der Waals surface area contributed by atoms with Gasteiger partial charge in [-0.1, -0.05) is 49.4 Å². The van der Waals surface area contributed by atoms with E-state index in [1.54, 1.807) is 7.11 Å². The van der Waals surface area contributed by atoms with Crippen molar-refractivity contribution in [2.24, 2.45) is 0 Å². The van der Waals surface area contributed by atoms with Gasteiger partial charge >= 0.3 is 0 Å². The van der Waals surface area contributed by atoms with Crippen molar-refractivity contribution in [1.82, 2.24) is 15.2 Å². The summed E-state index contributed by atoms with van der Waals surface area (Å²) < 4.78 is 7.49. The number of aliphatic hydroxyl groups is 1. The summed E-state index contributed by atoms with van der Waals surface area (Å²) in [4.78, 5) is 13.4. The van der Waals surface area contributed by atoms with Crippen LogP contribution in [-0.2, 0) is 19.5 Å². The summed E-state index contributed by atoms with van der Waals surface area (Å²) in [6, 6.07) is 23.3. The second-order valence-electron chi connectivity index (χ2n) is 9.55. The van der Waals surface area contributed by atoms with Gasteiger partial charge in [0.15, 0.2) is 0 Å². The fraction of sp³-hybridized carbons (Fsp3) is 0.323. The van der Waals surface area contributed by atoms with Crippen LogP contribution in [0.2, 0.25) is 0 Å². The molecule has 2 atom stereocenters. The van der Waals surface area contributed by atoms with Crippen LogP contribution in [0.3, 0.4) is 0 Å². The Morgan fingerprint density at radius 2 is 1.81 bits per heavy atom. The first-order valence-corrected chi connectivity index (χ1v) is 12.9. The molecule has 194 valence electrons. The van der Waals surface area contributed by atoms with Gasteiger partial charge in [0.1, 0.15) is 5.75 Å². The number of hydrogen-bond donors (Lipinski definition) is 3. The Bertz CT molecular complexity index is 1320. The molecule has 1 heterocycles. The Balaban J connectivity index is 1.49. The topological polar surface area (TPSA) is 75.5 Å². The predicted octanol–water partition coefficient (Wildman–Crippen LogP) is 4.86. The molecule has 3 N–H and O–H groups in total. The molecule has 1 amide bonds. The molecule has 4 aromatic rings. The van der Waals surface area contributed by atoms with Crippen LogP contribution in [0.15, 0.2) is 79.0 Å². The minimum atomic E-state index is -0.774. The number of aliphatic hydroxyl groups excluding tert-OH is 1. The first kappa shape index (κ1) is 26.5. The number of hydrogen-bond acceptors (Lipinski definition) is 4. The maximum atomic E-state index is 13.4. The second kappa shape index (κ2) is 12.6. The molecule has 0 aliphatic rings. The number of amides is 1. The van der Waals surface area contributed by atoms with Gasteiger partial charge in [0.25, 0.3) is 5.91 Å². The number of nitrogens with zero attached hydrogens (tertiary/aromatic N) is 1. The number of aromatic nitrogens is 1. The second-order valence-corrected chi connectivity index (χ2v) is 9.55. The van der Waals surface area contributed by atoms with Gasteiger partial charge in [-0.25, -0.2) is 0 Å². The summed E-state index contributed by atoms with van der Waals surface area (Å²) in [6.07, 6.45) is 2.86. The van der Waals surface area contributed by atoms with E-state index in [2.05, 4.69) is 34.4 Å². The summed E-state index contributed by atoms with van der Waals surface area (Å²) in [5.74, 6) is 0.619. The lowest BCUT2D eigenvalue weighted by Crippen LogP contribution is -2.48. The molecule has 0 aliphatic heterocycles. The predicted molar refractivity (Wildman–Crippen MR) is 149 cm³/mol. The van der Waals surface area contributed by atoms with E-state index in [-0.39, 0.29) is 5.91 Å². The summed E-state index contributed by atoms with van der Waals surface area (Å²) >= 11 is 0. The Labute approximate surface area is 219 Å². The molecule has 0 spiro atoms. The van der Waals surface area contributed by atoms with Crippen molar-refractivity contribution < 1.29 is 14.6 Å². The first-order chi connectivity index (χ1) is 18.0. The van der Waals surface area contributed by atoms with E-state index in [1.807, 2.05) is 73.7 Å². The molecule has 0 unspecified atom stereocenters. The molecule has 37 heavy (non-hydrogen) atoms. The lowest BCUT2D eigenvalue weighted by atomic mass is 9.99. The Kier molecular flexibility index (Phi) is 8.99. The van der Waals surface area contributed by atoms with Crippen molar-refractivity contribution in [2.45, 2.75) is 51.9 Å². The van der Waals surface area contributed by atoms with Crippen LogP contribution in [0.5, 0.6) is 5.75 Å². The number of fused-ring (bicyclic) bond motifs is 1. The van der Waals surface area contributed by atoms with Crippen molar-refractivity contribution >= 4 is 16.8 Å². The zero-order valence-corrected chi connectivity index (χ0v) is 21.9. The minimum absolute atomic E-state index is 0.179. The molecule has 1 aromatic heterocycles. The van der Waals surface area contributed by atoms with Crippen molar-refractivity contribution in [3.05, 3.63) is 101 Å². The van der Waals surface area contributed by atoms with E-state index in [1.165, 1.54) is 0 Å². The summed E-state index contributed by atoms with van der Waals surface area (Å²) in [6.45, 7) is 6.01. The number of carbonyl (C=O) groups is 1. The highest BCUT2D eigenvalue weighted by atomic mass is 16.5. The Hall–Kier alpha value is -3.61. The molecule has 6 heteroatoms. The molecule has 0 saturated heterocycles. The number of rotatable bonds is 12. The molecule has 6 nitrogen and oxygen atoms in total. The summed E-state index contributed by atoms with van der Waals surface area (Å²) in [7, 11) is 1.65. The third-order valence-electron chi connectivity index (χ3n) is 6.72. The highest BCUT2D eigenvalue weighted by molar-refractivity contribution is 5.99. The maximum Gasteiger partial charge on any atom is 0.251 e. The molecular formula is C31H37N3O3. The van der Waals surface area contributed by atoms with Crippen LogP contribution >= 0.6 is 0 Å². The molecule has 0 saturated carbocycles. The molecule has 3 aromatic carbocycles. The SMILES string of the molecule is CCCn1ccc2c(C)cc(C(=O)N[C@@H](Cc3ccccc3)[C@@H](O)CNCc3cccc(OC)c3)cc21. The highest BCUT2D eigenvalue weighted by Gasteiger charge is 2.23. The van der Waals surface area contributed by atoms with Gasteiger partial charge in [-0.15, -0.1) is 0 Å². The molecule has 0 radical (unpaired) electrons. The summed E-state index contributed by atoms with van der Waals surface area (Å²) in [5.41, 5.74) is 4.86. The molecule has 0 fully saturated rings. The van der Waals surface area contributed by atoms with Crippen LogP contribution in [0.4, 0.5) is 0 Å². The van der Waals surface area contributed by atoms with Gasteiger partial charge in [-0.05, 0) is 66.8 Å². The normalized spacial score (nSPS) is 12.9. The zero-order valence-electron chi connectivity index (χ0n) is 21.9. The fourth-order valence-electron chi connectivity index (χ4n) is 4.74. The number of ether oxygens (including phenoxy) is 1. The van der Waals surface area contributed by atoms with Gasteiger partial charge in [0.05, 0.1) is 19.3 Å². The van der Waals surface area contributed by atoms with E-state index in [0.29, 0.717) is 25.1 Å². The van der Waals surface area contributed by atoms with Crippen LogP contribution < -0.4 is 15.4 Å². The number of benzene rings is 3. The van der Waals surface area contributed by atoms with Crippen LogP contribution in [0.25, 0.3) is 10.9 Å². The monoisotopic (exact) mass is 499 g/mol. The fourth-order valence-corrected chi connectivity index (χ4v) is 4.74. The van der Waals surface area contributed by atoms with E-state index in [4.69, 9.17) is 4.74 Å². The number of aryl methyl sites for hydroxylation is 2.